The van der Waals surface area contributed by atoms with Crippen molar-refractivity contribution in [1.29, 1.82) is 5.26 Å². The summed E-state index contributed by atoms with van der Waals surface area (Å²) in [5.74, 6) is 0.235. The first-order valence-electron chi connectivity index (χ1n) is 6.31. The molecule has 1 aromatic heterocycles. The van der Waals surface area contributed by atoms with E-state index in [1.165, 1.54) is 12.1 Å². The molecule has 0 aliphatic carbocycles. The van der Waals surface area contributed by atoms with E-state index in [0.29, 0.717) is 18.1 Å². The lowest BCUT2D eigenvalue weighted by atomic mass is 10.2. The molecular formula is C14H12FN3O2. The molecule has 2 heterocycles. The minimum Gasteiger partial charge on any atom is -0.419 e. The van der Waals surface area contributed by atoms with E-state index in [-0.39, 0.29) is 23.6 Å². The van der Waals surface area contributed by atoms with Crippen LogP contribution in [0.25, 0.3) is 11.5 Å². The Hall–Kier alpha value is -2.39. The van der Waals surface area contributed by atoms with Gasteiger partial charge in [0.1, 0.15) is 18.1 Å². The van der Waals surface area contributed by atoms with Gasteiger partial charge in [-0.1, -0.05) is 0 Å². The van der Waals surface area contributed by atoms with Crippen molar-refractivity contribution in [3.63, 3.8) is 0 Å². The van der Waals surface area contributed by atoms with Crippen molar-refractivity contribution < 1.29 is 13.5 Å². The maximum absolute atomic E-state index is 12.9. The summed E-state index contributed by atoms with van der Waals surface area (Å²) >= 11 is 0. The molecule has 0 bridgehead atoms. The first kappa shape index (κ1) is 12.6. The van der Waals surface area contributed by atoms with E-state index in [4.69, 9.17) is 14.4 Å². The first-order chi connectivity index (χ1) is 9.76. The van der Waals surface area contributed by atoms with Crippen LogP contribution in [-0.4, -0.2) is 17.8 Å². The molecule has 0 spiro atoms. The Morgan fingerprint density at radius 3 is 2.80 bits per heavy atom. The van der Waals surface area contributed by atoms with Gasteiger partial charge >= 0.3 is 0 Å². The van der Waals surface area contributed by atoms with Crippen molar-refractivity contribution in [2.45, 2.75) is 19.1 Å². The standard InChI is InChI=1S/C14H12FN3O2/c15-10-5-3-9(4-6-10)13-17-11(8-16)14(20-13)18-12-2-1-7-19-12/h3-6,12,18H,1-2,7H2. The summed E-state index contributed by atoms with van der Waals surface area (Å²) in [5.41, 5.74) is 0.781. The van der Waals surface area contributed by atoms with Crippen LogP contribution >= 0.6 is 0 Å². The zero-order valence-corrected chi connectivity index (χ0v) is 10.6. The van der Waals surface area contributed by atoms with Gasteiger partial charge in [-0.2, -0.15) is 10.2 Å². The number of aromatic nitrogens is 1. The van der Waals surface area contributed by atoms with Crippen LogP contribution in [0.15, 0.2) is 28.7 Å². The Balaban J connectivity index is 1.88. The molecule has 1 aliphatic rings. The average molecular weight is 273 g/mol. The fourth-order valence-electron chi connectivity index (χ4n) is 2.05. The van der Waals surface area contributed by atoms with Gasteiger partial charge in [-0.15, -0.1) is 0 Å². The minimum absolute atomic E-state index is 0.156. The highest BCUT2D eigenvalue weighted by Crippen LogP contribution is 2.27. The lowest BCUT2D eigenvalue weighted by Crippen LogP contribution is -2.17. The summed E-state index contributed by atoms with van der Waals surface area (Å²) in [5, 5.41) is 12.1. The fraction of sp³-hybridized carbons (Fsp3) is 0.286. The molecule has 1 unspecified atom stereocenters. The fourth-order valence-corrected chi connectivity index (χ4v) is 2.05. The smallest absolute Gasteiger partial charge is 0.234 e. The van der Waals surface area contributed by atoms with Gasteiger partial charge in [0.15, 0.2) is 0 Å². The molecule has 1 aliphatic heterocycles. The molecule has 102 valence electrons. The predicted molar refractivity (Wildman–Crippen MR) is 69.2 cm³/mol. The van der Waals surface area contributed by atoms with E-state index >= 15 is 0 Å². The molecule has 3 rings (SSSR count). The predicted octanol–water partition coefficient (Wildman–Crippen LogP) is 2.90. The molecule has 5 nitrogen and oxygen atoms in total. The average Bonchev–Trinajstić information content (AvgIpc) is 3.10. The van der Waals surface area contributed by atoms with E-state index in [9.17, 15) is 4.39 Å². The van der Waals surface area contributed by atoms with Crippen LogP contribution in [0.4, 0.5) is 10.3 Å². The lowest BCUT2D eigenvalue weighted by Gasteiger charge is -2.09. The highest BCUT2D eigenvalue weighted by Gasteiger charge is 2.21. The molecule has 1 fully saturated rings. The summed E-state index contributed by atoms with van der Waals surface area (Å²) in [6.07, 6.45) is 1.67. The van der Waals surface area contributed by atoms with Crippen molar-refractivity contribution >= 4 is 5.88 Å². The summed E-state index contributed by atoms with van der Waals surface area (Å²) in [6, 6.07) is 7.72. The van der Waals surface area contributed by atoms with E-state index < -0.39 is 0 Å². The second-order valence-corrected chi connectivity index (χ2v) is 4.46. The quantitative estimate of drug-likeness (QED) is 0.931. The van der Waals surface area contributed by atoms with E-state index in [1.807, 2.05) is 6.07 Å². The number of nitrogens with one attached hydrogen (secondary N) is 1. The Morgan fingerprint density at radius 2 is 2.15 bits per heavy atom. The van der Waals surface area contributed by atoms with Crippen LogP contribution in [0.5, 0.6) is 0 Å². The van der Waals surface area contributed by atoms with Crippen molar-refractivity contribution in [2.75, 3.05) is 11.9 Å². The number of oxazole rings is 1. The Bertz CT molecular complexity index is 639. The van der Waals surface area contributed by atoms with Crippen LogP contribution in [0.2, 0.25) is 0 Å². The third-order valence-electron chi connectivity index (χ3n) is 3.05. The monoisotopic (exact) mass is 273 g/mol. The van der Waals surface area contributed by atoms with E-state index in [0.717, 1.165) is 12.8 Å². The number of hydrogen-bond donors (Lipinski definition) is 1. The van der Waals surface area contributed by atoms with E-state index in [1.54, 1.807) is 12.1 Å². The number of nitriles is 1. The van der Waals surface area contributed by atoms with Gasteiger partial charge in [-0.05, 0) is 37.1 Å². The van der Waals surface area contributed by atoms with Crippen molar-refractivity contribution in [3.8, 4) is 17.5 Å². The van der Waals surface area contributed by atoms with Gasteiger partial charge in [0, 0.05) is 12.2 Å². The molecule has 0 amide bonds. The molecule has 20 heavy (non-hydrogen) atoms. The highest BCUT2D eigenvalue weighted by atomic mass is 19.1. The molecule has 1 atom stereocenters. The number of anilines is 1. The minimum atomic E-state index is -0.335. The van der Waals surface area contributed by atoms with Crippen LogP contribution in [0.1, 0.15) is 18.5 Å². The lowest BCUT2D eigenvalue weighted by molar-refractivity contribution is 0.130. The number of rotatable bonds is 3. The molecular weight excluding hydrogens is 261 g/mol. The molecule has 0 radical (unpaired) electrons. The summed E-state index contributed by atoms with van der Waals surface area (Å²) in [7, 11) is 0. The van der Waals surface area contributed by atoms with E-state index in [2.05, 4.69) is 10.3 Å². The van der Waals surface area contributed by atoms with Gasteiger partial charge in [0.05, 0.1) is 0 Å². The van der Waals surface area contributed by atoms with Crippen molar-refractivity contribution in [3.05, 3.63) is 35.8 Å². The van der Waals surface area contributed by atoms with Crippen LogP contribution in [-0.2, 0) is 4.74 Å². The van der Waals surface area contributed by atoms with Crippen molar-refractivity contribution in [2.24, 2.45) is 0 Å². The SMILES string of the molecule is N#Cc1nc(-c2ccc(F)cc2)oc1NC1CCCO1. The largest absolute Gasteiger partial charge is 0.419 e. The first-order valence-corrected chi connectivity index (χ1v) is 6.31. The maximum Gasteiger partial charge on any atom is 0.234 e. The number of ether oxygens (including phenoxy) is 1. The molecule has 2 aromatic rings. The number of benzene rings is 1. The number of nitrogens with zero attached hydrogens (tertiary/aromatic N) is 2. The van der Waals surface area contributed by atoms with Crippen LogP contribution in [0, 0.1) is 17.1 Å². The normalized spacial score (nSPS) is 17.9. The van der Waals surface area contributed by atoms with Crippen molar-refractivity contribution in [1.82, 2.24) is 4.98 Å². The Labute approximate surface area is 115 Å². The molecule has 1 N–H and O–H groups in total. The zero-order chi connectivity index (χ0) is 13.9. The van der Waals surface area contributed by atoms with Gasteiger partial charge in [0.25, 0.3) is 0 Å². The second-order valence-electron chi connectivity index (χ2n) is 4.46. The summed E-state index contributed by atoms with van der Waals surface area (Å²) < 4.78 is 23.9. The number of hydrogen-bond acceptors (Lipinski definition) is 5. The zero-order valence-electron chi connectivity index (χ0n) is 10.6. The topological polar surface area (TPSA) is 71.1 Å². The molecule has 1 aromatic carbocycles. The summed E-state index contributed by atoms with van der Waals surface area (Å²) in [4.78, 5) is 4.10. The molecule has 0 saturated carbocycles. The second kappa shape index (κ2) is 5.31. The molecule has 6 heteroatoms. The third kappa shape index (κ3) is 2.49. The molecule has 1 saturated heterocycles. The number of halogens is 1. The van der Waals surface area contributed by atoms with Gasteiger partial charge < -0.3 is 14.5 Å². The third-order valence-corrected chi connectivity index (χ3v) is 3.05. The van der Waals surface area contributed by atoms with Gasteiger partial charge in [-0.3, -0.25) is 0 Å². The van der Waals surface area contributed by atoms with Gasteiger partial charge in [-0.25, -0.2) is 4.39 Å². The summed E-state index contributed by atoms with van der Waals surface area (Å²) in [6.45, 7) is 0.693. The maximum atomic E-state index is 12.9. The highest BCUT2D eigenvalue weighted by molar-refractivity contribution is 5.58. The van der Waals surface area contributed by atoms with Crippen LogP contribution < -0.4 is 5.32 Å². The van der Waals surface area contributed by atoms with Gasteiger partial charge in [0.2, 0.25) is 17.5 Å². The Morgan fingerprint density at radius 1 is 1.35 bits per heavy atom. The van der Waals surface area contributed by atoms with Crippen LogP contribution in [0.3, 0.4) is 0 Å². The Kier molecular flexibility index (Phi) is 3.35.